The second-order valence-electron chi connectivity index (χ2n) is 7.26. The molecule has 8 nitrogen and oxygen atoms in total. The van der Waals surface area contributed by atoms with Gasteiger partial charge >= 0.3 is 0 Å². The molecule has 0 saturated heterocycles. The summed E-state index contributed by atoms with van der Waals surface area (Å²) >= 11 is 0. The highest BCUT2D eigenvalue weighted by molar-refractivity contribution is 6.05. The lowest BCUT2D eigenvalue weighted by atomic mass is 9.84. The van der Waals surface area contributed by atoms with Crippen molar-refractivity contribution >= 4 is 23.2 Å². The fourth-order valence-corrected chi connectivity index (χ4v) is 3.89. The van der Waals surface area contributed by atoms with E-state index in [2.05, 4.69) is 15.6 Å². The van der Waals surface area contributed by atoms with Gasteiger partial charge < -0.3 is 24.8 Å². The SMILES string of the molecule is COc1cc(C2CC(=O)Nc3cc(NC(=O)c4cccnc4)ccc32)cc2c1OCO2. The Kier molecular flexibility index (Phi) is 4.66. The number of amides is 2. The van der Waals surface area contributed by atoms with Crippen LogP contribution in [0.5, 0.6) is 17.2 Å². The van der Waals surface area contributed by atoms with E-state index >= 15 is 0 Å². The molecule has 3 aromatic rings. The van der Waals surface area contributed by atoms with Crippen LogP contribution in [0.25, 0.3) is 0 Å². The fraction of sp³-hybridized carbons (Fsp3) is 0.174. The number of carbonyl (C=O) groups excluding carboxylic acids is 2. The molecule has 1 aromatic heterocycles. The molecule has 2 N–H and O–H groups in total. The number of benzene rings is 2. The van der Waals surface area contributed by atoms with Crippen LogP contribution in [0, 0.1) is 0 Å². The lowest BCUT2D eigenvalue weighted by Crippen LogP contribution is -2.24. The van der Waals surface area contributed by atoms with Gasteiger partial charge in [-0.3, -0.25) is 14.6 Å². The van der Waals surface area contributed by atoms with Crippen molar-refractivity contribution in [1.29, 1.82) is 0 Å². The molecule has 31 heavy (non-hydrogen) atoms. The third-order valence-electron chi connectivity index (χ3n) is 5.36. The summed E-state index contributed by atoms with van der Waals surface area (Å²) in [6.45, 7) is 0.136. The van der Waals surface area contributed by atoms with Crippen molar-refractivity contribution in [2.24, 2.45) is 0 Å². The standard InChI is InChI=1S/C23H19N3O5/c1-29-19-7-14(8-20-22(19)31-12-30-20)17-10-21(27)26-18-9-15(4-5-16(17)18)25-23(28)13-3-2-6-24-11-13/h2-9,11,17H,10,12H2,1H3,(H,25,28)(H,26,27). The molecule has 0 spiro atoms. The van der Waals surface area contributed by atoms with Gasteiger partial charge in [-0.2, -0.15) is 0 Å². The summed E-state index contributed by atoms with van der Waals surface area (Å²) in [7, 11) is 1.57. The first-order chi connectivity index (χ1) is 15.1. The second kappa shape index (κ2) is 7.64. The van der Waals surface area contributed by atoms with Crippen molar-refractivity contribution in [2.45, 2.75) is 12.3 Å². The summed E-state index contributed by atoms with van der Waals surface area (Å²) in [5.74, 6) is 1.17. The van der Waals surface area contributed by atoms with E-state index in [1.807, 2.05) is 24.3 Å². The first-order valence-corrected chi connectivity index (χ1v) is 9.75. The van der Waals surface area contributed by atoms with Crippen LogP contribution in [0.2, 0.25) is 0 Å². The molecule has 156 valence electrons. The van der Waals surface area contributed by atoms with Gasteiger partial charge in [-0.15, -0.1) is 0 Å². The lowest BCUT2D eigenvalue weighted by molar-refractivity contribution is -0.116. The first kappa shape index (κ1) is 18.9. The molecular weight excluding hydrogens is 398 g/mol. The van der Waals surface area contributed by atoms with Gasteiger partial charge in [0.05, 0.1) is 12.7 Å². The van der Waals surface area contributed by atoms with Crippen LogP contribution >= 0.6 is 0 Å². The van der Waals surface area contributed by atoms with E-state index in [-0.39, 0.29) is 30.9 Å². The number of methoxy groups -OCH3 is 1. The number of fused-ring (bicyclic) bond motifs is 2. The fourth-order valence-electron chi connectivity index (χ4n) is 3.89. The Balaban J connectivity index is 1.47. The van der Waals surface area contributed by atoms with E-state index in [0.717, 1.165) is 11.1 Å². The number of rotatable bonds is 4. The van der Waals surface area contributed by atoms with Gasteiger partial charge in [0.2, 0.25) is 18.4 Å². The van der Waals surface area contributed by atoms with Crippen molar-refractivity contribution in [1.82, 2.24) is 4.98 Å². The molecule has 2 aliphatic rings. The van der Waals surface area contributed by atoms with E-state index in [1.54, 1.807) is 31.5 Å². The van der Waals surface area contributed by atoms with Crippen LogP contribution in [0.4, 0.5) is 11.4 Å². The first-order valence-electron chi connectivity index (χ1n) is 9.75. The van der Waals surface area contributed by atoms with Crippen LogP contribution in [-0.4, -0.2) is 30.7 Å². The molecule has 1 atom stereocenters. The largest absolute Gasteiger partial charge is 0.493 e. The van der Waals surface area contributed by atoms with E-state index in [0.29, 0.717) is 34.2 Å². The molecule has 2 aliphatic heterocycles. The Bertz CT molecular complexity index is 1180. The van der Waals surface area contributed by atoms with Crippen molar-refractivity contribution in [3.63, 3.8) is 0 Å². The quantitative estimate of drug-likeness (QED) is 0.674. The Labute approximate surface area is 178 Å². The van der Waals surface area contributed by atoms with E-state index < -0.39 is 0 Å². The maximum atomic E-state index is 12.5. The third kappa shape index (κ3) is 3.52. The van der Waals surface area contributed by atoms with Crippen LogP contribution in [0.15, 0.2) is 54.9 Å². The highest BCUT2D eigenvalue weighted by atomic mass is 16.7. The maximum Gasteiger partial charge on any atom is 0.257 e. The van der Waals surface area contributed by atoms with Crippen LogP contribution < -0.4 is 24.8 Å². The minimum Gasteiger partial charge on any atom is -0.493 e. The van der Waals surface area contributed by atoms with E-state index in [9.17, 15) is 9.59 Å². The Hall–Kier alpha value is -4.07. The van der Waals surface area contributed by atoms with Gasteiger partial charge in [-0.1, -0.05) is 6.07 Å². The summed E-state index contributed by atoms with van der Waals surface area (Å²) in [6, 6.07) is 12.6. The van der Waals surface area contributed by atoms with Crippen LogP contribution in [-0.2, 0) is 4.79 Å². The number of anilines is 2. The molecule has 0 aliphatic carbocycles. The van der Waals surface area contributed by atoms with Gasteiger partial charge in [0.25, 0.3) is 5.91 Å². The average Bonchev–Trinajstić information content (AvgIpc) is 3.27. The van der Waals surface area contributed by atoms with Gasteiger partial charge in [0.15, 0.2) is 11.5 Å². The molecule has 0 fully saturated rings. The van der Waals surface area contributed by atoms with Crippen molar-refractivity contribution in [3.05, 3.63) is 71.5 Å². The highest BCUT2D eigenvalue weighted by Crippen LogP contribution is 2.46. The number of aromatic nitrogens is 1. The molecule has 0 radical (unpaired) electrons. The number of carbonyl (C=O) groups is 2. The van der Waals surface area contributed by atoms with Crippen LogP contribution in [0.3, 0.4) is 0 Å². The molecule has 0 saturated carbocycles. The predicted octanol–water partition coefficient (Wildman–Crippen LogP) is 3.55. The molecule has 8 heteroatoms. The second-order valence-corrected chi connectivity index (χ2v) is 7.26. The molecule has 5 rings (SSSR count). The summed E-state index contributed by atoms with van der Waals surface area (Å²) in [5.41, 5.74) is 3.53. The van der Waals surface area contributed by atoms with Gasteiger partial charge in [0.1, 0.15) is 0 Å². The zero-order valence-electron chi connectivity index (χ0n) is 16.7. The smallest absolute Gasteiger partial charge is 0.257 e. The van der Waals surface area contributed by atoms with E-state index in [4.69, 9.17) is 14.2 Å². The monoisotopic (exact) mass is 417 g/mol. The molecule has 1 unspecified atom stereocenters. The highest BCUT2D eigenvalue weighted by Gasteiger charge is 2.30. The van der Waals surface area contributed by atoms with Gasteiger partial charge in [0, 0.05) is 36.1 Å². The average molecular weight is 417 g/mol. The predicted molar refractivity (Wildman–Crippen MR) is 113 cm³/mol. The topological polar surface area (TPSA) is 98.8 Å². The number of hydrogen-bond donors (Lipinski definition) is 2. The minimum atomic E-state index is -0.271. The molecule has 2 amide bonds. The summed E-state index contributed by atoms with van der Waals surface area (Å²) in [6.07, 6.45) is 3.40. The minimum absolute atomic E-state index is 0.107. The number of nitrogens with one attached hydrogen (secondary N) is 2. The zero-order chi connectivity index (χ0) is 21.4. The Morgan fingerprint density at radius 1 is 1.23 bits per heavy atom. The third-order valence-corrected chi connectivity index (χ3v) is 5.36. The molecule has 3 heterocycles. The van der Waals surface area contributed by atoms with Crippen LogP contribution in [0.1, 0.15) is 33.8 Å². The number of pyridine rings is 1. The molecule has 0 bridgehead atoms. The Morgan fingerprint density at radius 3 is 2.94 bits per heavy atom. The number of ether oxygens (including phenoxy) is 3. The lowest BCUT2D eigenvalue weighted by Gasteiger charge is -2.27. The van der Waals surface area contributed by atoms with Crippen molar-refractivity contribution < 1.29 is 23.8 Å². The summed E-state index contributed by atoms with van der Waals surface area (Å²) in [5, 5.41) is 5.75. The summed E-state index contributed by atoms with van der Waals surface area (Å²) < 4.78 is 16.5. The summed E-state index contributed by atoms with van der Waals surface area (Å²) in [4.78, 5) is 28.9. The van der Waals surface area contributed by atoms with Gasteiger partial charge in [-0.05, 0) is 47.5 Å². The maximum absolute atomic E-state index is 12.5. The van der Waals surface area contributed by atoms with Crippen molar-refractivity contribution in [2.75, 3.05) is 24.5 Å². The number of hydrogen-bond acceptors (Lipinski definition) is 6. The molecule has 2 aromatic carbocycles. The zero-order valence-corrected chi connectivity index (χ0v) is 16.7. The van der Waals surface area contributed by atoms with E-state index in [1.165, 1.54) is 6.20 Å². The van der Waals surface area contributed by atoms with Gasteiger partial charge in [-0.25, -0.2) is 0 Å². The normalized spacial score (nSPS) is 16.3. The van der Waals surface area contributed by atoms with Crippen molar-refractivity contribution in [3.8, 4) is 17.2 Å². The molecular formula is C23H19N3O5. The number of nitrogens with zero attached hydrogens (tertiary/aromatic N) is 1. The Morgan fingerprint density at radius 2 is 2.13 bits per heavy atom.